The van der Waals surface area contributed by atoms with Crippen LogP contribution in [0.4, 0.5) is 0 Å². The number of carboxylic acids is 1. The maximum absolute atomic E-state index is 11.1. The Morgan fingerprint density at radius 1 is 1.37 bits per heavy atom. The van der Waals surface area contributed by atoms with Crippen molar-refractivity contribution >= 4 is 23.5 Å². The van der Waals surface area contributed by atoms with E-state index in [1.165, 1.54) is 25.1 Å². The second-order valence-corrected chi connectivity index (χ2v) is 4.37. The van der Waals surface area contributed by atoms with Gasteiger partial charge in [-0.05, 0) is 11.6 Å². The number of hydrogen-bond donors (Lipinski definition) is 4. The van der Waals surface area contributed by atoms with Crippen LogP contribution in [0.15, 0.2) is 18.2 Å². The van der Waals surface area contributed by atoms with E-state index in [1.54, 1.807) is 0 Å². The van der Waals surface area contributed by atoms with Gasteiger partial charge < -0.3 is 20.6 Å². The number of halogens is 1. The minimum absolute atomic E-state index is 0.00199. The Morgan fingerprint density at radius 3 is 2.53 bits per heavy atom. The monoisotopic (exact) mass is 287 g/mol. The van der Waals surface area contributed by atoms with Gasteiger partial charge in [-0.15, -0.1) is 0 Å². The summed E-state index contributed by atoms with van der Waals surface area (Å²) in [4.78, 5) is 21.8. The molecule has 0 bridgehead atoms. The first kappa shape index (κ1) is 15.4. The molecule has 0 spiro atoms. The van der Waals surface area contributed by atoms with Crippen molar-refractivity contribution in [3.63, 3.8) is 0 Å². The fourth-order valence-corrected chi connectivity index (χ4v) is 1.84. The smallest absolute Gasteiger partial charge is 0.337 e. The number of aliphatic hydroxyl groups is 2. The molecule has 1 aromatic carbocycles. The molecule has 0 aliphatic heterocycles. The molecule has 0 radical (unpaired) electrons. The van der Waals surface area contributed by atoms with E-state index >= 15 is 0 Å². The van der Waals surface area contributed by atoms with Crippen LogP contribution in [0.1, 0.15) is 28.9 Å². The summed E-state index contributed by atoms with van der Waals surface area (Å²) in [6.07, 6.45) is -2.79. The molecule has 7 heteroatoms. The molecule has 19 heavy (non-hydrogen) atoms. The van der Waals surface area contributed by atoms with Crippen molar-refractivity contribution in [2.24, 2.45) is 0 Å². The number of carbonyl (C=O) groups excluding carboxylic acids is 1. The number of amides is 1. The van der Waals surface area contributed by atoms with Crippen molar-refractivity contribution in [3.05, 3.63) is 34.3 Å². The zero-order valence-electron chi connectivity index (χ0n) is 10.1. The molecule has 0 saturated heterocycles. The molecule has 1 rings (SSSR count). The number of rotatable bonds is 5. The van der Waals surface area contributed by atoms with Gasteiger partial charge in [0.25, 0.3) is 0 Å². The molecule has 6 nitrogen and oxygen atoms in total. The van der Waals surface area contributed by atoms with Crippen LogP contribution >= 0.6 is 11.6 Å². The number of hydrogen-bond acceptors (Lipinski definition) is 4. The Balaban J connectivity index is 2.99. The van der Waals surface area contributed by atoms with Gasteiger partial charge in [-0.25, -0.2) is 4.79 Å². The van der Waals surface area contributed by atoms with Gasteiger partial charge in [0.15, 0.2) is 0 Å². The van der Waals surface area contributed by atoms with E-state index in [9.17, 15) is 19.8 Å². The first-order valence-electron chi connectivity index (χ1n) is 5.47. The Morgan fingerprint density at radius 2 is 2.00 bits per heavy atom. The minimum atomic E-state index is -1.46. The normalized spacial score (nSPS) is 13.7. The lowest BCUT2D eigenvalue weighted by molar-refractivity contribution is -0.119. The van der Waals surface area contributed by atoms with Gasteiger partial charge in [-0.3, -0.25) is 4.79 Å². The summed E-state index contributed by atoms with van der Waals surface area (Å²) >= 11 is 5.76. The number of aliphatic hydroxyl groups excluding tert-OH is 2. The molecule has 0 aromatic heterocycles. The molecule has 0 fully saturated rings. The quantitative estimate of drug-likeness (QED) is 0.633. The summed E-state index contributed by atoms with van der Waals surface area (Å²) in [5.74, 6) is -1.66. The zero-order chi connectivity index (χ0) is 14.6. The van der Waals surface area contributed by atoms with E-state index in [0.717, 1.165) is 0 Å². The molecule has 2 atom stereocenters. The molecular weight excluding hydrogens is 274 g/mol. The summed E-state index contributed by atoms with van der Waals surface area (Å²) in [7, 11) is 0. The van der Waals surface area contributed by atoms with Gasteiger partial charge in [0.05, 0.1) is 10.6 Å². The molecule has 1 aromatic rings. The highest BCUT2D eigenvalue weighted by Gasteiger charge is 2.25. The van der Waals surface area contributed by atoms with Crippen molar-refractivity contribution in [1.29, 1.82) is 0 Å². The topological polar surface area (TPSA) is 107 Å². The predicted octanol–water partition coefficient (Wildman–Crippen LogP) is 0.569. The summed E-state index contributed by atoms with van der Waals surface area (Å²) < 4.78 is 0. The standard InChI is InChI=1S/C12H14ClNO5/c1-6(15)14-5-9(16)11(17)7-3-2-4-8(13)10(7)12(18)19/h2-4,9,11,16-17H,5H2,1H3,(H,14,15)(H,18,19). The molecule has 0 saturated carbocycles. The summed E-state index contributed by atoms with van der Waals surface area (Å²) in [5.41, 5.74) is -0.267. The zero-order valence-corrected chi connectivity index (χ0v) is 10.9. The average molecular weight is 288 g/mol. The number of carboxylic acid groups (broad SMARTS) is 1. The van der Waals surface area contributed by atoms with Gasteiger partial charge in [0, 0.05) is 13.5 Å². The Hall–Kier alpha value is -1.63. The van der Waals surface area contributed by atoms with Crippen molar-refractivity contribution in [2.75, 3.05) is 6.54 Å². The lowest BCUT2D eigenvalue weighted by Gasteiger charge is -2.20. The van der Waals surface area contributed by atoms with E-state index in [-0.39, 0.29) is 28.6 Å². The maximum Gasteiger partial charge on any atom is 0.337 e. The van der Waals surface area contributed by atoms with E-state index in [1.807, 2.05) is 0 Å². The van der Waals surface area contributed by atoms with Crippen LogP contribution in [0.2, 0.25) is 5.02 Å². The first-order valence-corrected chi connectivity index (χ1v) is 5.84. The third-order valence-electron chi connectivity index (χ3n) is 2.50. The third-order valence-corrected chi connectivity index (χ3v) is 2.82. The van der Waals surface area contributed by atoms with Gasteiger partial charge in [0.1, 0.15) is 12.2 Å². The highest BCUT2D eigenvalue weighted by atomic mass is 35.5. The number of benzene rings is 1. The van der Waals surface area contributed by atoms with E-state index in [4.69, 9.17) is 16.7 Å². The number of aromatic carboxylic acids is 1. The lowest BCUT2D eigenvalue weighted by atomic mass is 9.98. The maximum atomic E-state index is 11.1. The van der Waals surface area contributed by atoms with Crippen LogP contribution in [-0.4, -0.2) is 39.8 Å². The van der Waals surface area contributed by atoms with Crippen LogP contribution in [0, 0.1) is 0 Å². The van der Waals surface area contributed by atoms with Crippen molar-refractivity contribution in [1.82, 2.24) is 5.32 Å². The molecule has 2 unspecified atom stereocenters. The third kappa shape index (κ3) is 3.92. The van der Waals surface area contributed by atoms with Crippen molar-refractivity contribution in [3.8, 4) is 0 Å². The van der Waals surface area contributed by atoms with Crippen LogP contribution in [-0.2, 0) is 4.79 Å². The molecule has 0 aliphatic rings. The van der Waals surface area contributed by atoms with Crippen LogP contribution in [0.5, 0.6) is 0 Å². The molecule has 0 aliphatic carbocycles. The van der Waals surface area contributed by atoms with Crippen LogP contribution in [0.3, 0.4) is 0 Å². The molecule has 104 valence electrons. The van der Waals surface area contributed by atoms with Crippen LogP contribution < -0.4 is 5.32 Å². The van der Waals surface area contributed by atoms with Crippen molar-refractivity contribution < 1.29 is 24.9 Å². The highest BCUT2D eigenvalue weighted by molar-refractivity contribution is 6.33. The average Bonchev–Trinajstić information content (AvgIpc) is 2.34. The van der Waals surface area contributed by atoms with Gasteiger partial charge in [-0.1, -0.05) is 23.7 Å². The van der Waals surface area contributed by atoms with Gasteiger partial charge >= 0.3 is 5.97 Å². The van der Waals surface area contributed by atoms with Crippen molar-refractivity contribution in [2.45, 2.75) is 19.1 Å². The number of carbonyl (C=O) groups is 2. The highest BCUT2D eigenvalue weighted by Crippen LogP contribution is 2.27. The molecule has 4 N–H and O–H groups in total. The largest absolute Gasteiger partial charge is 0.478 e. The van der Waals surface area contributed by atoms with Gasteiger partial charge in [0.2, 0.25) is 5.91 Å². The van der Waals surface area contributed by atoms with E-state index in [2.05, 4.69) is 5.32 Å². The fraction of sp³-hybridized carbons (Fsp3) is 0.333. The second kappa shape index (κ2) is 6.51. The molecule has 0 heterocycles. The Bertz CT molecular complexity index is 491. The lowest BCUT2D eigenvalue weighted by Crippen LogP contribution is -2.34. The SMILES string of the molecule is CC(=O)NCC(O)C(O)c1cccc(Cl)c1C(=O)O. The first-order chi connectivity index (χ1) is 8.84. The fourth-order valence-electron chi connectivity index (χ4n) is 1.58. The van der Waals surface area contributed by atoms with Crippen LogP contribution in [0.25, 0.3) is 0 Å². The predicted molar refractivity (Wildman–Crippen MR) is 68.1 cm³/mol. The van der Waals surface area contributed by atoms with E-state index < -0.39 is 18.2 Å². The van der Waals surface area contributed by atoms with E-state index in [0.29, 0.717) is 0 Å². The summed E-state index contributed by atoms with van der Waals surface area (Å²) in [6, 6.07) is 4.21. The van der Waals surface area contributed by atoms with Gasteiger partial charge in [-0.2, -0.15) is 0 Å². The minimum Gasteiger partial charge on any atom is -0.478 e. The Kier molecular flexibility index (Phi) is 5.29. The second-order valence-electron chi connectivity index (χ2n) is 3.96. The molecular formula is C12H14ClNO5. The summed E-state index contributed by atoms with van der Waals surface area (Å²) in [5, 5.41) is 31.0. The molecule has 1 amide bonds. The number of nitrogens with one attached hydrogen (secondary N) is 1. The Labute approximate surface area is 114 Å². The summed E-state index contributed by atoms with van der Waals surface area (Å²) in [6.45, 7) is 1.07.